The maximum Gasteiger partial charge on any atom is 0.315 e. The fourth-order valence-electron chi connectivity index (χ4n) is 3.57. The van der Waals surface area contributed by atoms with E-state index in [9.17, 15) is 4.79 Å². The van der Waals surface area contributed by atoms with Gasteiger partial charge >= 0.3 is 6.03 Å². The summed E-state index contributed by atoms with van der Waals surface area (Å²) in [6, 6.07) is 7.90. The number of ether oxygens (including phenoxy) is 1. The lowest BCUT2D eigenvalue weighted by Gasteiger charge is -2.26. The number of hydrogen-bond donors (Lipinski definition) is 2. The molecule has 5 nitrogen and oxygen atoms in total. The van der Waals surface area contributed by atoms with Crippen molar-refractivity contribution in [2.24, 2.45) is 0 Å². The smallest absolute Gasteiger partial charge is 0.315 e. The van der Waals surface area contributed by atoms with E-state index in [4.69, 9.17) is 4.74 Å². The van der Waals surface area contributed by atoms with Crippen LogP contribution in [0, 0.1) is 0 Å². The van der Waals surface area contributed by atoms with E-state index in [0.717, 1.165) is 37.2 Å². The van der Waals surface area contributed by atoms with E-state index in [1.54, 1.807) is 0 Å². The molecule has 1 saturated heterocycles. The summed E-state index contributed by atoms with van der Waals surface area (Å²) in [6.45, 7) is 4.89. The fraction of sp³-hybridized carbons (Fsp3) is 0.632. The molecule has 1 atom stereocenters. The van der Waals surface area contributed by atoms with Gasteiger partial charge in [0, 0.05) is 18.5 Å². The van der Waals surface area contributed by atoms with Gasteiger partial charge in [-0.25, -0.2) is 4.79 Å². The molecule has 2 heterocycles. The minimum atomic E-state index is -0.0763. The number of nitrogens with one attached hydrogen (secondary N) is 2. The van der Waals surface area contributed by atoms with E-state index in [-0.39, 0.29) is 12.1 Å². The fourth-order valence-corrected chi connectivity index (χ4v) is 3.57. The average Bonchev–Trinajstić information content (AvgIpc) is 2.88. The molecular formula is C19H29N3O2. The summed E-state index contributed by atoms with van der Waals surface area (Å²) in [5.74, 6) is 0.884. The Morgan fingerprint density at radius 3 is 2.79 bits per heavy atom. The zero-order chi connectivity index (χ0) is 16.6. The third kappa shape index (κ3) is 4.87. The molecule has 2 aliphatic heterocycles. The van der Waals surface area contributed by atoms with Gasteiger partial charge in [-0.15, -0.1) is 0 Å². The van der Waals surface area contributed by atoms with Crippen LogP contribution in [-0.4, -0.2) is 43.7 Å². The van der Waals surface area contributed by atoms with Crippen molar-refractivity contribution in [2.45, 2.75) is 44.6 Å². The first-order valence-electron chi connectivity index (χ1n) is 9.31. The summed E-state index contributed by atoms with van der Waals surface area (Å²) in [5.41, 5.74) is 1.07. The Labute approximate surface area is 144 Å². The maximum atomic E-state index is 12.2. The minimum absolute atomic E-state index is 0.0422. The van der Waals surface area contributed by atoms with Gasteiger partial charge in [0.05, 0.1) is 12.6 Å². The van der Waals surface area contributed by atoms with Crippen molar-refractivity contribution in [3.05, 3.63) is 29.8 Å². The number of carbonyl (C=O) groups is 1. The molecule has 0 bridgehead atoms. The Morgan fingerprint density at radius 2 is 1.96 bits per heavy atom. The van der Waals surface area contributed by atoms with Gasteiger partial charge in [-0.1, -0.05) is 31.0 Å². The zero-order valence-corrected chi connectivity index (χ0v) is 14.4. The molecule has 5 heteroatoms. The number of para-hydroxylation sites is 1. The summed E-state index contributed by atoms with van der Waals surface area (Å²) in [5, 5.41) is 6.08. The van der Waals surface area contributed by atoms with Crippen molar-refractivity contribution >= 4 is 6.03 Å². The SMILES string of the molecule is O=C(NCCCN1CCCCCC1)NC1CCOc2ccccc21. The van der Waals surface area contributed by atoms with Crippen LogP contribution < -0.4 is 15.4 Å². The summed E-state index contributed by atoms with van der Waals surface area (Å²) < 4.78 is 5.63. The van der Waals surface area contributed by atoms with Crippen molar-refractivity contribution in [1.82, 2.24) is 15.5 Å². The minimum Gasteiger partial charge on any atom is -0.493 e. The van der Waals surface area contributed by atoms with E-state index in [0.29, 0.717) is 6.61 Å². The molecule has 2 N–H and O–H groups in total. The molecule has 2 aliphatic rings. The van der Waals surface area contributed by atoms with Crippen LogP contribution in [0.15, 0.2) is 24.3 Å². The molecule has 24 heavy (non-hydrogen) atoms. The lowest BCUT2D eigenvalue weighted by Crippen LogP contribution is -2.40. The van der Waals surface area contributed by atoms with E-state index in [2.05, 4.69) is 15.5 Å². The normalized spacial score (nSPS) is 21.2. The molecule has 0 aliphatic carbocycles. The molecule has 1 unspecified atom stereocenters. The van der Waals surface area contributed by atoms with Crippen LogP contribution in [0.5, 0.6) is 5.75 Å². The Kier molecular flexibility index (Phi) is 6.35. The number of hydrogen-bond acceptors (Lipinski definition) is 3. The summed E-state index contributed by atoms with van der Waals surface area (Å²) in [6.07, 6.45) is 7.19. The van der Waals surface area contributed by atoms with Crippen LogP contribution in [0.25, 0.3) is 0 Å². The molecule has 1 aromatic rings. The number of amides is 2. The highest BCUT2D eigenvalue weighted by atomic mass is 16.5. The van der Waals surface area contributed by atoms with Gasteiger partial charge < -0.3 is 20.3 Å². The van der Waals surface area contributed by atoms with Crippen molar-refractivity contribution in [3.8, 4) is 5.75 Å². The third-order valence-electron chi connectivity index (χ3n) is 4.90. The van der Waals surface area contributed by atoms with Crippen molar-refractivity contribution in [2.75, 3.05) is 32.8 Å². The predicted octanol–water partition coefficient (Wildman–Crippen LogP) is 3.08. The molecule has 1 aromatic carbocycles. The average molecular weight is 331 g/mol. The Hall–Kier alpha value is -1.75. The lowest BCUT2D eigenvalue weighted by molar-refractivity contribution is 0.222. The second kappa shape index (κ2) is 8.92. The number of benzene rings is 1. The van der Waals surface area contributed by atoms with E-state index < -0.39 is 0 Å². The number of carbonyl (C=O) groups excluding carboxylic acids is 1. The van der Waals surface area contributed by atoms with E-state index in [1.807, 2.05) is 24.3 Å². The number of urea groups is 1. The topological polar surface area (TPSA) is 53.6 Å². The second-order valence-electron chi connectivity index (χ2n) is 6.74. The van der Waals surface area contributed by atoms with Crippen LogP contribution >= 0.6 is 0 Å². The van der Waals surface area contributed by atoms with Gasteiger partial charge in [0.25, 0.3) is 0 Å². The molecule has 2 amide bonds. The molecular weight excluding hydrogens is 302 g/mol. The van der Waals surface area contributed by atoms with Gasteiger partial charge in [-0.2, -0.15) is 0 Å². The number of nitrogens with zero attached hydrogens (tertiary/aromatic N) is 1. The summed E-state index contributed by atoms with van der Waals surface area (Å²) >= 11 is 0. The third-order valence-corrected chi connectivity index (χ3v) is 4.90. The Bertz CT molecular complexity index is 527. The van der Waals surface area contributed by atoms with Crippen LogP contribution in [0.4, 0.5) is 4.79 Å². The van der Waals surface area contributed by atoms with Gasteiger partial charge in [0.1, 0.15) is 5.75 Å². The first kappa shape index (κ1) is 17.1. The largest absolute Gasteiger partial charge is 0.493 e. The molecule has 0 aromatic heterocycles. The molecule has 132 valence electrons. The zero-order valence-electron chi connectivity index (χ0n) is 14.4. The highest BCUT2D eigenvalue weighted by molar-refractivity contribution is 5.74. The van der Waals surface area contributed by atoms with Crippen molar-refractivity contribution in [1.29, 1.82) is 0 Å². The van der Waals surface area contributed by atoms with Crippen LogP contribution in [-0.2, 0) is 0 Å². The van der Waals surface area contributed by atoms with Crippen LogP contribution in [0.1, 0.15) is 50.1 Å². The lowest BCUT2D eigenvalue weighted by atomic mass is 10.0. The van der Waals surface area contributed by atoms with Crippen molar-refractivity contribution < 1.29 is 9.53 Å². The highest BCUT2D eigenvalue weighted by Crippen LogP contribution is 2.31. The summed E-state index contributed by atoms with van der Waals surface area (Å²) in [7, 11) is 0. The molecule has 3 rings (SSSR count). The van der Waals surface area contributed by atoms with Gasteiger partial charge in [-0.05, 0) is 45.0 Å². The number of fused-ring (bicyclic) bond motifs is 1. The molecule has 1 fully saturated rings. The predicted molar refractivity (Wildman–Crippen MR) is 95.4 cm³/mol. The van der Waals surface area contributed by atoms with E-state index >= 15 is 0 Å². The summed E-state index contributed by atoms with van der Waals surface area (Å²) in [4.78, 5) is 14.7. The van der Waals surface area contributed by atoms with Gasteiger partial charge in [0.2, 0.25) is 0 Å². The Balaban J connectivity index is 1.37. The van der Waals surface area contributed by atoms with Crippen LogP contribution in [0.2, 0.25) is 0 Å². The van der Waals surface area contributed by atoms with E-state index in [1.165, 1.54) is 38.8 Å². The Morgan fingerprint density at radius 1 is 1.17 bits per heavy atom. The monoisotopic (exact) mass is 331 g/mol. The van der Waals surface area contributed by atoms with Crippen LogP contribution in [0.3, 0.4) is 0 Å². The van der Waals surface area contributed by atoms with Crippen molar-refractivity contribution in [3.63, 3.8) is 0 Å². The molecule has 0 spiro atoms. The highest BCUT2D eigenvalue weighted by Gasteiger charge is 2.22. The number of rotatable bonds is 5. The first-order chi connectivity index (χ1) is 11.8. The first-order valence-corrected chi connectivity index (χ1v) is 9.31. The number of likely N-dealkylation sites (tertiary alicyclic amines) is 1. The van der Waals surface area contributed by atoms with Gasteiger partial charge in [-0.3, -0.25) is 0 Å². The maximum absolute atomic E-state index is 12.2. The quantitative estimate of drug-likeness (QED) is 0.815. The molecule has 0 saturated carbocycles. The molecule has 0 radical (unpaired) electrons. The second-order valence-corrected chi connectivity index (χ2v) is 6.74. The van der Waals surface area contributed by atoms with Gasteiger partial charge in [0.15, 0.2) is 0 Å². The standard InChI is InChI=1S/C19H29N3O2/c23-19(20-11-7-14-22-12-5-1-2-6-13-22)21-17-10-15-24-18-9-4-3-8-16(17)18/h3-4,8-9,17H,1-2,5-7,10-15H2,(H2,20,21,23).